The Balaban J connectivity index is 1.48. The lowest BCUT2D eigenvalue weighted by atomic mass is 10.1. The molecule has 1 heterocycles. The van der Waals surface area contributed by atoms with Gasteiger partial charge in [-0.05, 0) is 43.9 Å². The largest absolute Gasteiger partial charge is 0.381 e. The van der Waals surface area contributed by atoms with Gasteiger partial charge >= 0.3 is 0 Å². The topological polar surface area (TPSA) is 54.9 Å². The molecule has 3 rings (SSSR count). The molecule has 5 nitrogen and oxygen atoms in total. The average Bonchev–Trinajstić information content (AvgIpc) is 2.74. The van der Waals surface area contributed by atoms with Gasteiger partial charge in [0.15, 0.2) is 5.96 Å². The summed E-state index contributed by atoms with van der Waals surface area (Å²) in [6, 6.07) is 18.6. The van der Waals surface area contributed by atoms with Crippen molar-refractivity contribution in [3.05, 3.63) is 65.7 Å². The Morgan fingerprint density at radius 1 is 1.07 bits per heavy atom. The molecule has 1 aliphatic heterocycles. The number of guanidine groups is 1. The van der Waals surface area contributed by atoms with Crippen LogP contribution >= 0.6 is 0 Å². The maximum Gasteiger partial charge on any atom is 0.196 e. The second kappa shape index (κ2) is 11.5. The van der Waals surface area contributed by atoms with Crippen molar-refractivity contribution < 1.29 is 9.47 Å². The van der Waals surface area contributed by atoms with E-state index in [1.54, 1.807) is 0 Å². The molecule has 2 aromatic carbocycles. The number of hydrogen-bond donors (Lipinski definition) is 2. The number of para-hydroxylation sites is 1. The second-order valence-corrected chi connectivity index (χ2v) is 7.10. The molecule has 0 unspecified atom stereocenters. The lowest BCUT2D eigenvalue weighted by Gasteiger charge is -2.22. The van der Waals surface area contributed by atoms with Crippen LogP contribution in [-0.4, -0.2) is 38.4 Å². The Kier molecular flexibility index (Phi) is 8.34. The molecule has 0 saturated carbocycles. The zero-order valence-corrected chi connectivity index (χ0v) is 16.7. The van der Waals surface area contributed by atoms with Crippen LogP contribution in [0.5, 0.6) is 0 Å². The summed E-state index contributed by atoms with van der Waals surface area (Å²) in [5.74, 6) is 0.790. The Hall–Kier alpha value is -2.37. The number of hydrogen-bond acceptors (Lipinski definition) is 3. The molecule has 28 heavy (non-hydrogen) atoms. The summed E-state index contributed by atoms with van der Waals surface area (Å²) in [6.45, 7) is 5.95. The summed E-state index contributed by atoms with van der Waals surface area (Å²) in [5, 5.41) is 6.80. The molecular weight excluding hydrogens is 350 g/mol. The predicted molar refractivity (Wildman–Crippen MR) is 115 cm³/mol. The Labute approximate surface area is 168 Å². The number of benzene rings is 2. The van der Waals surface area contributed by atoms with Gasteiger partial charge in [-0.15, -0.1) is 0 Å². The zero-order chi connectivity index (χ0) is 19.4. The second-order valence-electron chi connectivity index (χ2n) is 7.10. The molecular formula is C23H31N3O2. The van der Waals surface area contributed by atoms with Crippen LogP contribution in [-0.2, 0) is 16.0 Å². The number of nitrogens with one attached hydrogen (secondary N) is 2. The van der Waals surface area contributed by atoms with Gasteiger partial charge < -0.3 is 20.1 Å². The molecule has 5 heteroatoms. The van der Waals surface area contributed by atoms with E-state index in [9.17, 15) is 0 Å². The van der Waals surface area contributed by atoms with E-state index in [4.69, 9.17) is 14.5 Å². The van der Waals surface area contributed by atoms with E-state index >= 15 is 0 Å². The molecule has 1 fully saturated rings. The highest BCUT2D eigenvalue weighted by atomic mass is 16.5. The average molecular weight is 382 g/mol. The molecule has 0 aliphatic carbocycles. The minimum atomic E-state index is 0.353. The summed E-state index contributed by atoms with van der Waals surface area (Å²) in [4.78, 5) is 4.74. The van der Waals surface area contributed by atoms with Crippen molar-refractivity contribution in [2.45, 2.75) is 38.8 Å². The first kappa shape index (κ1) is 20.4. The maximum atomic E-state index is 5.94. The Morgan fingerprint density at radius 3 is 2.57 bits per heavy atom. The van der Waals surface area contributed by atoms with Crippen molar-refractivity contribution in [1.29, 1.82) is 0 Å². The highest BCUT2D eigenvalue weighted by Crippen LogP contribution is 2.11. The van der Waals surface area contributed by atoms with E-state index in [1.807, 2.05) is 30.3 Å². The Morgan fingerprint density at radius 2 is 1.82 bits per heavy atom. The molecule has 1 aliphatic rings. The Bertz CT molecular complexity index is 710. The molecule has 2 N–H and O–H groups in total. The summed E-state index contributed by atoms with van der Waals surface area (Å²) >= 11 is 0. The van der Waals surface area contributed by atoms with Gasteiger partial charge in [0.2, 0.25) is 0 Å². The quantitative estimate of drug-likeness (QED) is 0.410. The van der Waals surface area contributed by atoms with E-state index < -0.39 is 0 Å². The van der Waals surface area contributed by atoms with Crippen LogP contribution in [0.3, 0.4) is 0 Å². The third-order valence-electron chi connectivity index (χ3n) is 4.71. The molecule has 2 aromatic rings. The zero-order valence-electron chi connectivity index (χ0n) is 16.7. The standard InChI is InChI=1S/C23H31N3O2/c1-19-8-10-20(11-9-19)18-25-23(26-21-6-3-2-4-7-21)24-14-5-15-28-22-12-16-27-17-13-22/h2-4,6-11,22H,5,12-18H2,1H3,(H2,24,25,26). The van der Waals surface area contributed by atoms with Crippen LogP contribution < -0.4 is 10.6 Å². The number of aryl methyl sites for hydroxylation is 1. The van der Waals surface area contributed by atoms with Crippen LogP contribution in [0.15, 0.2) is 59.6 Å². The van der Waals surface area contributed by atoms with Gasteiger partial charge in [-0.2, -0.15) is 0 Å². The fourth-order valence-corrected chi connectivity index (χ4v) is 3.03. The van der Waals surface area contributed by atoms with Crippen molar-refractivity contribution in [2.75, 3.05) is 31.7 Å². The van der Waals surface area contributed by atoms with Crippen LogP contribution in [0.4, 0.5) is 5.69 Å². The number of nitrogens with zero attached hydrogens (tertiary/aromatic N) is 1. The maximum absolute atomic E-state index is 5.94. The number of ether oxygens (including phenoxy) is 2. The van der Waals surface area contributed by atoms with E-state index in [-0.39, 0.29) is 0 Å². The highest BCUT2D eigenvalue weighted by molar-refractivity contribution is 5.93. The molecule has 1 saturated heterocycles. The smallest absolute Gasteiger partial charge is 0.196 e. The summed E-state index contributed by atoms with van der Waals surface area (Å²) in [5.41, 5.74) is 3.48. The van der Waals surface area contributed by atoms with Crippen molar-refractivity contribution >= 4 is 11.6 Å². The fraction of sp³-hybridized carbons (Fsp3) is 0.435. The highest BCUT2D eigenvalue weighted by Gasteiger charge is 2.13. The van der Waals surface area contributed by atoms with Crippen molar-refractivity contribution in [3.63, 3.8) is 0 Å². The van der Waals surface area contributed by atoms with Crippen molar-refractivity contribution in [3.8, 4) is 0 Å². The van der Waals surface area contributed by atoms with Gasteiger partial charge in [-0.3, -0.25) is 0 Å². The summed E-state index contributed by atoms with van der Waals surface area (Å²) in [6.07, 6.45) is 3.31. The van der Waals surface area contributed by atoms with E-state index in [0.717, 1.165) is 57.3 Å². The van der Waals surface area contributed by atoms with Crippen LogP contribution in [0.2, 0.25) is 0 Å². The van der Waals surface area contributed by atoms with Crippen LogP contribution in [0.1, 0.15) is 30.4 Å². The van der Waals surface area contributed by atoms with E-state index in [2.05, 4.69) is 41.8 Å². The lowest BCUT2D eigenvalue weighted by molar-refractivity contribution is -0.0320. The molecule has 0 radical (unpaired) electrons. The van der Waals surface area contributed by atoms with E-state index in [0.29, 0.717) is 12.6 Å². The monoisotopic (exact) mass is 381 g/mol. The summed E-state index contributed by atoms with van der Waals surface area (Å²) in [7, 11) is 0. The van der Waals surface area contributed by atoms with Crippen molar-refractivity contribution in [1.82, 2.24) is 5.32 Å². The molecule has 0 amide bonds. The number of rotatable bonds is 8. The third kappa shape index (κ3) is 7.33. The molecule has 0 spiro atoms. The van der Waals surface area contributed by atoms with Gasteiger partial charge in [-0.25, -0.2) is 4.99 Å². The van der Waals surface area contributed by atoms with Gasteiger partial charge in [0.05, 0.1) is 12.6 Å². The van der Waals surface area contributed by atoms with Crippen LogP contribution in [0, 0.1) is 6.92 Å². The molecule has 150 valence electrons. The molecule has 0 aromatic heterocycles. The first-order valence-electron chi connectivity index (χ1n) is 10.1. The molecule has 0 bridgehead atoms. The first-order valence-corrected chi connectivity index (χ1v) is 10.1. The number of anilines is 1. The third-order valence-corrected chi connectivity index (χ3v) is 4.71. The minimum Gasteiger partial charge on any atom is -0.381 e. The SMILES string of the molecule is Cc1ccc(CN=C(NCCCOC2CCOCC2)Nc2ccccc2)cc1. The van der Waals surface area contributed by atoms with Crippen LogP contribution in [0.25, 0.3) is 0 Å². The first-order chi connectivity index (χ1) is 13.8. The van der Waals surface area contributed by atoms with Crippen molar-refractivity contribution in [2.24, 2.45) is 4.99 Å². The predicted octanol–water partition coefficient (Wildman–Crippen LogP) is 4.14. The molecule has 0 atom stereocenters. The fourth-order valence-electron chi connectivity index (χ4n) is 3.03. The number of aliphatic imine (C=N–C) groups is 1. The summed E-state index contributed by atoms with van der Waals surface area (Å²) < 4.78 is 11.3. The van der Waals surface area contributed by atoms with Gasteiger partial charge in [0.25, 0.3) is 0 Å². The van der Waals surface area contributed by atoms with Gasteiger partial charge in [0.1, 0.15) is 0 Å². The van der Waals surface area contributed by atoms with Gasteiger partial charge in [-0.1, -0.05) is 48.0 Å². The van der Waals surface area contributed by atoms with E-state index in [1.165, 1.54) is 11.1 Å². The van der Waals surface area contributed by atoms with Gasteiger partial charge in [0, 0.05) is 32.1 Å². The minimum absolute atomic E-state index is 0.353. The normalized spacial score (nSPS) is 15.4. The lowest BCUT2D eigenvalue weighted by Crippen LogP contribution is -2.32.